The Morgan fingerprint density at radius 1 is 1.03 bits per heavy atom. The van der Waals surface area contributed by atoms with Crippen molar-refractivity contribution in [1.29, 1.82) is 0 Å². The molecule has 5 rings (SSSR count). The van der Waals surface area contributed by atoms with Gasteiger partial charge in [0, 0.05) is 35.2 Å². The SMILES string of the molecule is Cc1c(Cl)cccc1-n1c(SCCCc2nc(-c3ccncc3)no2)nc2ccccc2c1=O. The average molecular weight is 490 g/mol. The Morgan fingerprint density at radius 2 is 1.85 bits per heavy atom. The van der Waals surface area contributed by atoms with Crippen LogP contribution in [0.2, 0.25) is 5.02 Å². The number of aryl methyl sites for hydroxylation is 1. The molecule has 0 saturated heterocycles. The lowest BCUT2D eigenvalue weighted by Gasteiger charge is -2.15. The van der Waals surface area contributed by atoms with Gasteiger partial charge in [0.05, 0.1) is 16.6 Å². The fourth-order valence-corrected chi connectivity index (χ4v) is 4.74. The molecular formula is C25H20ClN5O2S. The highest BCUT2D eigenvalue weighted by Crippen LogP contribution is 2.27. The molecule has 9 heteroatoms. The van der Waals surface area contributed by atoms with Gasteiger partial charge in [0.25, 0.3) is 5.56 Å². The van der Waals surface area contributed by atoms with Crippen LogP contribution in [0.15, 0.2) is 81.5 Å². The highest BCUT2D eigenvalue weighted by Gasteiger charge is 2.16. The first-order chi connectivity index (χ1) is 16.6. The molecule has 3 aromatic heterocycles. The smallest absolute Gasteiger partial charge is 0.266 e. The molecule has 0 N–H and O–H groups in total. The number of benzene rings is 2. The molecule has 0 saturated carbocycles. The van der Waals surface area contributed by atoms with Gasteiger partial charge < -0.3 is 4.52 Å². The van der Waals surface area contributed by atoms with E-state index in [1.807, 2.05) is 55.5 Å². The molecule has 0 unspecified atom stereocenters. The Bertz CT molecular complexity index is 1520. The van der Waals surface area contributed by atoms with Crippen LogP contribution in [0, 0.1) is 6.92 Å². The zero-order valence-electron chi connectivity index (χ0n) is 18.3. The number of hydrogen-bond acceptors (Lipinski definition) is 7. The Kier molecular flexibility index (Phi) is 6.42. The summed E-state index contributed by atoms with van der Waals surface area (Å²) in [5.41, 5.74) is 2.99. The molecule has 0 atom stereocenters. The predicted octanol–water partition coefficient (Wildman–Crippen LogP) is 5.52. The highest BCUT2D eigenvalue weighted by atomic mass is 35.5. The van der Waals surface area contributed by atoms with Crippen LogP contribution in [-0.2, 0) is 6.42 Å². The molecule has 0 aliphatic heterocycles. The maximum Gasteiger partial charge on any atom is 0.266 e. The number of thioether (sulfide) groups is 1. The summed E-state index contributed by atoms with van der Waals surface area (Å²) >= 11 is 7.88. The third-order valence-electron chi connectivity index (χ3n) is 5.40. The zero-order valence-corrected chi connectivity index (χ0v) is 19.9. The van der Waals surface area contributed by atoms with Crippen molar-refractivity contribution in [1.82, 2.24) is 24.7 Å². The van der Waals surface area contributed by atoms with E-state index < -0.39 is 0 Å². The van der Waals surface area contributed by atoms with E-state index in [1.54, 1.807) is 23.0 Å². The summed E-state index contributed by atoms with van der Waals surface area (Å²) in [6.45, 7) is 1.91. The van der Waals surface area contributed by atoms with Crippen LogP contribution in [-0.4, -0.2) is 30.4 Å². The number of fused-ring (bicyclic) bond motifs is 1. The number of nitrogens with zero attached hydrogens (tertiary/aromatic N) is 5. The second-order valence-corrected chi connectivity index (χ2v) is 9.10. The first kappa shape index (κ1) is 22.3. The monoisotopic (exact) mass is 489 g/mol. The first-order valence-corrected chi connectivity index (χ1v) is 12.1. The number of hydrogen-bond donors (Lipinski definition) is 0. The van der Waals surface area contributed by atoms with Gasteiger partial charge in [-0.1, -0.05) is 46.7 Å². The molecule has 0 aliphatic carbocycles. The molecular weight excluding hydrogens is 470 g/mol. The average Bonchev–Trinajstić information content (AvgIpc) is 3.34. The van der Waals surface area contributed by atoms with Gasteiger partial charge in [-0.05, 0) is 55.3 Å². The number of rotatable bonds is 7. The van der Waals surface area contributed by atoms with Gasteiger partial charge >= 0.3 is 0 Å². The third-order valence-corrected chi connectivity index (χ3v) is 6.83. The summed E-state index contributed by atoms with van der Waals surface area (Å²) in [7, 11) is 0. The fourth-order valence-electron chi connectivity index (χ4n) is 3.62. The molecule has 2 aromatic carbocycles. The maximum absolute atomic E-state index is 13.4. The van der Waals surface area contributed by atoms with Crippen molar-refractivity contribution in [2.45, 2.75) is 24.9 Å². The lowest BCUT2D eigenvalue weighted by molar-refractivity contribution is 0.378. The van der Waals surface area contributed by atoms with Crippen molar-refractivity contribution in [2.24, 2.45) is 0 Å². The molecule has 3 heterocycles. The molecule has 0 aliphatic rings. The minimum Gasteiger partial charge on any atom is -0.339 e. The van der Waals surface area contributed by atoms with E-state index in [1.165, 1.54) is 11.8 Å². The van der Waals surface area contributed by atoms with E-state index in [2.05, 4.69) is 15.1 Å². The molecule has 5 aromatic rings. The molecule has 0 fully saturated rings. The van der Waals surface area contributed by atoms with Gasteiger partial charge in [-0.25, -0.2) is 4.98 Å². The molecule has 34 heavy (non-hydrogen) atoms. The van der Waals surface area contributed by atoms with Crippen LogP contribution in [0.3, 0.4) is 0 Å². The normalized spacial score (nSPS) is 11.2. The fraction of sp³-hybridized carbons (Fsp3) is 0.160. The van der Waals surface area contributed by atoms with E-state index in [4.69, 9.17) is 21.1 Å². The molecule has 0 amide bonds. The summed E-state index contributed by atoms with van der Waals surface area (Å²) in [4.78, 5) is 26.7. The van der Waals surface area contributed by atoms with Crippen LogP contribution in [0.25, 0.3) is 28.0 Å². The highest BCUT2D eigenvalue weighted by molar-refractivity contribution is 7.99. The molecule has 0 spiro atoms. The Balaban J connectivity index is 1.38. The van der Waals surface area contributed by atoms with Crippen LogP contribution in [0.5, 0.6) is 0 Å². The summed E-state index contributed by atoms with van der Waals surface area (Å²) in [5.74, 6) is 1.84. The van der Waals surface area contributed by atoms with Crippen LogP contribution in [0.1, 0.15) is 17.9 Å². The van der Waals surface area contributed by atoms with E-state index >= 15 is 0 Å². The zero-order chi connectivity index (χ0) is 23.5. The van der Waals surface area contributed by atoms with Crippen molar-refractivity contribution >= 4 is 34.3 Å². The van der Waals surface area contributed by atoms with E-state index in [-0.39, 0.29) is 5.56 Å². The number of pyridine rings is 1. The van der Waals surface area contributed by atoms with Crippen LogP contribution in [0.4, 0.5) is 0 Å². The second kappa shape index (κ2) is 9.79. The topological polar surface area (TPSA) is 86.7 Å². The summed E-state index contributed by atoms with van der Waals surface area (Å²) < 4.78 is 7.05. The van der Waals surface area contributed by atoms with E-state index in [9.17, 15) is 4.79 Å². The predicted molar refractivity (Wildman–Crippen MR) is 134 cm³/mol. The summed E-state index contributed by atoms with van der Waals surface area (Å²) in [6.07, 6.45) is 4.79. The largest absolute Gasteiger partial charge is 0.339 e. The Hall–Kier alpha value is -3.49. The first-order valence-electron chi connectivity index (χ1n) is 10.7. The van der Waals surface area contributed by atoms with Crippen LogP contribution < -0.4 is 5.56 Å². The second-order valence-electron chi connectivity index (χ2n) is 7.64. The lowest BCUT2D eigenvalue weighted by Crippen LogP contribution is -2.22. The molecule has 0 radical (unpaired) electrons. The Labute approximate surface area is 204 Å². The van der Waals surface area contributed by atoms with Gasteiger partial charge in [-0.3, -0.25) is 14.3 Å². The quantitative estimate of drug-likeness (QED) is 0.169. The summed E-state index contributed by atoms with van der Waals surface area (Å²) in [6, 6.07) is 16.6. The van der Waals surface area contributed by atoms with Crippen molar-refractivity contribution in [3.05, 3.63) is 93.8 Å². The minimum absolute atomic E-state index is 0.114. The van der Waals surface area contributed by atoms with Gasteiger partial charge in [0.1, 0.15) is 0 Å². The summed E-state index contributed by atoms with van der Waals surface area (Å²) in [5, 5.41) is 5.85. The number of halogens is 1. The van der Waals surface area contributed by atoms with Gasteiger partial charge in [-0.2, -0.15) is 4.98 Å². The third kappa shape index (κ3) is 4.47. The molecule has 170 valence electrons. The standard InChI is InChI=1S/C25H20ClN5O2S/c1-16-19(26)7-4-9-21(16)31-24(32)18-6-2-3-8-20(18)28-25(31)34-15-5-10-22-29-23(30-33-22)17-11-13-27-14-12-17/h2-4,6-9,11-14H,5,10,15H2,1H3. The Morgan fingerprint density at radius 3 is 2.71 bits per heavy atom. The van der Waals surface area contributed by atoms with E-state index in [0.717, 1.165) is 29.0 Å². The maximum atomic E-state index is 13.4. The van der Waals surface area contributed by atoms with Crippen molar-refractivity contribution in [2.75, 3.05) is 5.75 Å². The van der Waals surface area contributed by atoms with Gasteiger partial charge in [-0.15, -0.1) is 0 Å². The van der Waals surface area contributed by atoms with Crippen molar-refractivity contribution in [3.63, 3.8) is 0 Å². The minimum atomic E-state index is -0.114. The number of para-hydroxylation sites is 1. The van der Waals surface area contributed by atoms with Crippen molar-refractivity contribution < 1.29 is 4.52 Å². The number of aromatic nitrogens is 5. The van der Waals surface area contributed by atoms with Gasteiger partial charge in [0.15, 0.2) is 5.16 Å². The molecule has 0 bridgehead atoms. The van der Waals surface area contributed by atoms with E-state index in [0.29, 0.717) is 39.2 Å². The van der Waals surface area contributed by atoms with Crippen LogP contribution >= 0.6 is 23.4 Å². The lowest BCUT2D eigenvalue weighted by atomic mass is 10.2. The van der Waals surface area contributed by atoms with Crippen molar-refractivity contribution in [3.8, 4) is 17.1 Å². The molecule has 7 nitrogen and oxygen atoms in total. The van der Waals surface area contributed by atoms with Gasteiger partial charge in [0.2, 0.25) is 11.7 Å².